The minimum atomic E-state index is -1.56. The Labute approximate surface area is 103 Å². The first-order valence-electron chi connectivity index (χ1n) is 4.91. The predicted molar refractivity (Wildman–Crippen MR) is 60.5 cm³/mol. The van der Waals surface area contributed by atoms with Crippen LogP contribution in [0.2, 0.25) is 0 Å². The topological polar surface area (TPSA) is 112 Å². The molecule has 7 heteroatoms. The SMILES string of the molecule is C=CC(=O)N(C(=O)C=C)[C@@H](CCC(=O)O)C(=O)O. The molecule has 0 rings (SSSR count). The molecule has 0 aliphatic rings. The van der Waals surface area contributed by atoms with Crippen LogP contribution in [0, 0.1) is 0 Å². The first kappa shape index (κ1) is 15.6. The van der Waals surface area contributed by atoms with Crippen LogP contribution in [-0.4, -0.2) is 44.9 Å². The molecule has 2 N–H and O–H groups in total. The van der Waals surface area contributed by atoms with Gasteiger partial charge in [0.1, 0.15) is 6.04 Å². The molecule has 2 amide bonds. The molecule has 0 heterocycles. The third-order valence-electron chi connectivity index (χ3n) is 2.05. The average Bonchev–Trinajstić information content (AvgIpc) is 2.31. The molecule has 0 aromatic rings. The van der Waals surface area contributed by atoms with Crippen LogP contribution >= 0.6 is 0 Å². The largest absolute Gasteiger partial charge is 0.481 e. The zero-order valence-corrected chi connectivity index (χ0v) is 9.54. The number of carbonyl (C=O) groups is 4. The van der Waals surface area contributed by atoms with Crippen LogP contribution in [-0.2, 0) is 19.2 Å². The van der Waals surface area contributed by atoms with Crippen LogP contribution in [0.25, 0.3) is 0 Å². The Balaban J connectivity index is 5.21. The van der Waals surface area contributed by atoms with Crippen molar-refractivity contribution in [3.63, 3.8) is 0 Å². The van der Waals surface area contributed by atoms with Gasteiger partial charge in [-0.1, -0.05) is 13.2 Å². The summed E-state index contributed by atoms with van der Waals surface area (Å²) in [7, 11) is 0. The van der Waals surface area contributed by atoms with Gasteiger partial charge in [0.05, 0.1) is 0 Å². The predicted octanol–water partition coefficient (Wildman–Crippen LogP) is 0.0316. The summed E-state index contributed by atoms with van der Waals surface area (Å²) in [5, 5.41) is 17.4. The average molecular weight is 255 g/mol. The van der Waals surface area contributed by atoms with Gasteiger partial charge in [0, 0.05) is 6.42 Å². The van der Waals surface area contributed by atoms with Gasteiger partial charge in [0.25, 0.3) is 11.8 Å². The van der Waals surface area contributed by atoms with Crippen molar-refractivity contribution < 1.29 is 29.4 Å². The number of carboxylic acid groups (broad SMARTS) is 2. The molecule has 0 saturated carbocycles. The number of imide groups is 1. The van der Waals surface area contributed by atoms with Gasteiger partial charge in [-0.3, -0.25) is 19.3 Å². The van der Waals surface area contributed by atoms with E-state index in [1.54, 1.807) is 0 Å². The number of nitrogens with zero attached hydrogens (tertiary/aromatic N) is 1. The first-order valence-corrected chi connectivity index (χ1v) is 4.91. The number of rotatable bonds is 7. The standard InChI is InChI=1S/C11H13NO6/c1-3-8(13)12(9(14)4-2)7(11(17)18)5-6-10(15)16/h3-4,7H,1-2,5-6H2,(H,15,16)(H,17,18)/t7-/m0/s1. The van der Waals surface area contributed by atoms with Crippen molar-refractivity contribution in [2.75, 3.05) is 0 Å². The van der Waals surface area contributed by atoms with E-state index < -0.39 is 36.2 Å². The number of hydrogen-bond donors (Lipinski definition) is 2. The first-order chi connectivity index (χ1) is 8.34. The van der Waals surface area contributed by atoms with Gasteiger partial charge in [-0.2, -0.15) is 0 Å². The summed E-state index contributed by atoms with van der Waals surface area (Å²) < 4.78 is 0. The number of carbonyl (C=O) groups excluding carboxylic acids is 2. The van der Waals surface area contributed by atoms with E-state index in [1.165, 1.54) is 0 Å². The van der Waals surface area contributed by atoms with Crippen LogP contribution in [0.15, 0.2) is 25.3 Å². The van der Waals surface area contributed by atoms with Gasteiger partial charge in [0.2, 0.25) is 0 Å². The van der Waals surface area contributed by atoms with Crippen molar-refractivity contribution in [1.82, 2.24) is 4.90 Å². The second kappa shape index (κ2) is 7.00. The molecule has 0 aromatic heterocycles. The molecule has 7 nitrogen and oxygen atoms in total. The van der Waals surface area contributed by atoms with Crippen molar-refractivity contribution in [2.45, 2.75) is 18.9 Å². The lowest BCUT2D eigenvalue weighted by atomic mass is 10.1. The minimum Gasteiger partial charge on any atom is -0.481 e. The summed E-state index contributed by atoms with van der Waals surface area (Å²) in [5.41, 5.74) is 0. The smallest absolute Gasteiger partial charge is 0.326 e. The zero-order valence-electron chi connectivity index (χ0n) is 9.54. The van der Waals surface area contributed by atoms with E-state index in [0.29, 0.717) is 4.90 Å². The van der Waals surface area contributed by atoms with Crippen LogP contribution in [0.3, 0.4) is 0 Å². The van der Waals surface area contributed by atoms with Gasteiger partial charge in [-0.25, -0.2) is 4.79 Å². The van der Waals surface area contributed by atoms with E-state index in [-0.39, 0.29) is 6.42 Å². The van der Waals surface area contributed by atoms with E-state index in [0.717, 1.165) is 12.2 Å². The summed E-state index contributed by atoms with van der Waals surface area (Å²) in [6.45, 7) is 6.30. The lowest BCUT2D eigenvalue weighted by Gasteiger charge is -2.24. The van der Waals surface area contributed by atoms with Crippen molar-refractivity contribution >= 4 is 23.8 Å². The molecule has 0 bridgehead atoms. The second-order valence-electron chi connectivity index (χ2n) is 3.24. The lowest BCUT2D eigenvalue weighted by molar-refractivity contribution is -0.155. The van der Waals surface area contributed by atoms with E-state index in [2.05, 4.69) is 13.2 Å². The molecule has 0 aliphatic heterocycles. The summed E-state index contributed by atoms with van der Waals surface area (Å²) in [6.07, 6.45) is 0.683. The highest BCUT2D eigenvalue weighted by Gasteiger charge is 2.32. The Morgan fingerprint density at radius 3 is 1.78 bits per heavy atom. The molecule has 0 radical (unpaired) electrons. The Morgan fingerprint density at radius 2 is 1.50 bits per heavy atom. The fraction of sp³-hybridized carbons (Fsp3) is 0.273. The number of carboxylic acids is 2. The van der Waals surface area contributed by atoms with Gasteiger partial charge in [0.15, 0.2) is 0 Å². The number of aliphatic carboxylic acids is 2. The lowest BCUT2D eigenvalue weighted by Crippen LogP contribution is -2.47. The van der Waals surface area contributed by atoms with Crippen LogP contribution in [0.1, 0.15) is 12.8 Å². The molecule has 0 saturated heterocycles. The summed E-state index contributed by atoms with van der Waals surface area (Å²) in [5.74, 6) is -4.53. The molecular formula is C11H13NO6. The highest BCUT2D eigenvalue weighted by Crippen LogP contribution is 2.10. The normalized spacial score (nSPS) is 11.1. The Bertz CT molecular complexity index is 380. The molecule has 0 fully saturated rings. The molecule has 0 spiro atoms. The maximum Gasteiger partial charge on any atom is 0.326 e. The van der Waals surface area contributed by atoms with Crippen LogP contribution < -0.4 is 0 Å². The highest BCUT2D eigenvalue weighted by atomic mass is 16.4. The van der Waals surface area contributed by atoms with Crippen molar-refractivity contribution in [3.05, 3.63) is 25.3 Å². The molecule has 0 aromatic carbocycles. The molecular weight excluding hydrogens is 242 g/mol. The summed E-state index contributed by atoms with van der Waals surface area (Å²) >= 11 is 0. The highest BCUT2D eigenvalue weighted by molar-refractivity contribution is 6.07. The van der Waals surface area contributed by atoms with Crippen molar-refractivity contribution in [3.8, 4) is 0 Å². The van der Waals surface area contributed by atoms with Gasteiger partial charge in [-0.15, -0.1) is 0 Å². The second-order valence-corrected chi connectivity index (χ2v) is 3.24. The quantitative estimate of drug-likeness (QED) is 0.621. The zero-order chi connectivity index (χ0) is 14.3. The molecule has 1 atom stereocenters. The van der Waals surface area contributed by atoms with E-state index in [9.17, 15) is 19.2 Å². The maximum absolute atomic E-state index is 11.4. The van der Waals surface area contributed by atoms with Gasteiger partial charge in [-0.05, 0) is 18.6 Å². The fourth-order valence-corrected chi connectivity index (χ4v) is 1.24. The molecule has 18 heavy (non-hydrogen) atoms. The Hall–Kier alpha value is -2.44. The Morgan fingerprint density at radius 1 is 1.06 bits per heavy atom. The van der Waals surface area contributed by atoms with Crippen molar-refractivity contribution in [1.29, 1.82) is 0 Å². The third kappa shape index (κ3) is 4.20. The van der Waals surface area contributed by atoms with Gasteiger partial charge >= 0.3 is 11.9 Å². The monoisotopic (exact) mass is 255 g/mol. The third-order valence-corrected chi connectivity index (χ3v) is 2.05. The van der Waals surface area contributed by atoms with Crippen LogP contribution in [0.4, 0.5) is 0 Å². The van der Waals surface area contributed by atoms with E-state index >= 15 is 0 Å². The number of amides is 2. The van der Waals surface area contributed by atoms with Crippen molar-refractivity contribution in [2.24, 2.45) is 0 Å². The number of hydrogen-bond acceptors (Lipinski definition) is 4. The van der Waals surface area contributed by atoms with Crippen LogP contribution in [0.5, 0.6) is 0 Å². The summed E-state index contributed by atoms with van der Waals surface area (Å²) in [4.78, 5) is 44.7. The van der Waals surface area contributed by atoms with E-state index in [1.807, 2.05) is 0 Å². The minimum absolute atomic E-state index is 0.385. The Kier molecular flexibility index (Phi) is 6.05. The fourth-order valence-electron chi connectivity index (χ4n) is 1.24. The maximum atomic E-state index is 11.4. The molecule has 0 aliphatic carbocycles. The van der Waals surface area contributed by atoms with Gasteiger partial charge < -0.3 is 10.2 Å². The molecule has 0 unspecified atom stereocenters. The molecule has 98 valence electrons. The summed E-state index contributed by atoms with van der Waals surface area (Å²) in [6, 6.07) is -1.56. The van der Waals surface area contributed by atoms with E-state index in [4.69, 9.17) is 10.2 Å².